The average molecular weight is 229 g/mol. The molecule has 0 heterocycles. The number of hydrogen-bond acceptors (Lipinski definition) is 3. The quantitative estimate of drug-likeness (QED) is 0.663. The van der Waals surface area contributed by atoms with E-state index in [0.717, 1.165) is 6.42 Å². The first-order chi connectivity index (χ1) is 7.42. The highest BCUT2D eigenvalue weighted by molar-refractivity contribution is 5.85. The van der Waals surface area contributed by atoms with Crippen LogP contribution in [0, 0.1) is 11.8 Å². The van der Waals surface area contributed by atoms with Crippen LogP contribution >= 0.6 is 0 Å². The first-order valence-electron chi connectivity index (χ1n) is 5.58. The van der Waals surface area contributed by atoms with Crippen LogP contribution in [-0.4, -0.2) is 43.9 Å². The van der Waals surface area contributed by atoms with Crippen LogP contribution in [0.5, 0.6) is 0 Å². The van der Waals surface area contributed by atoms with Gasteiger partial charge in [0.15, 0.2) is 0 Å². The van der Waals surface area contributed by atoms with E-state index in [0.29, 0.717) is 12.5 Å². The van der Waals surface area contributed by atoms with Crippen LogP contribution in [0.1, 0.15) is 20.3 Å². The van der Waals surface area contributed by atoms with Crippen molar-refractivity contribution in [2.24, 2.45) is 17.6 Å². The number of hydrogen-bond donors (Lipinski definition) is 2. The highest BCUT2D eigenvalue weighted by atomic mass is 16.2. The van der Waals surface area contributed by atoms with Crippen molar-refractivity contribution >= 4 is 11.8 Å². The van der Waals surface area contributed by atoms with Crippen LogP contribution < -0.4 is 11.1 Å². The van der Waals surface area contributed by atoms with Crippen molar-refractivity contribution in [3.05, 3.63) is 0 Å². The molecule has 0 aliphatic carbocycles. The van der Waals surface area contributed by atoms with E-state index in [2.05, 4.69) is 19.2 Å². The number of rotatable bonds is 6. The second kappa shape index (κ2) is 7.22. The van der Waals surface area contributed by atoms with Crippen molar-refractivity contribution in [2.75, 3.05) is 27.2 Å². The Kier molecular flexibility index (Phi) is 6.72. The summed E-state index contributed by atoms with van der Waals surface area (Å²) in [5, 5.41) is 2.48. The van der Waals surface area contributed by atoms with E-state index >= 15 is 0 Å². The number of nitrogens with zero attached hydrogens (tertiary/aromatic N) is 1. The summed E-state index contributed by atoms with van der Waals surface area (Å²) < 4.78 is 0. The first-order valence-corrected chi connectivity index (χ1v) is 5.58. The van der Waals surface area contributed by atoms with Gasteiger partial charge in [0.2, 0.25) is 11.8 Å². The third-order valence-electron chi connectivity index (χ3n) is 2.43. The minimum Gasteiger partial charge on any atom is -0.358 e. The van der Waals surface area contributed by atoms with Crippen molar-refractivity contribution < 1.29 is 9.59 Å². The van der Waals surface area contributed by atoms with Crippen LogP contribution in [-0.2, 0) is 9.59 Å². The third-order valence-corrected chi connectivity index (χ3v) is 2.43. The number of amides is 2. The van der Waals surface area contributed by atoms with Crippen LogP contribution in [0.25, 0.3) is 0 Å². The van der Waals surface area contributed by atoms with Crippen molar-refractivity contribution in [1.29, 1.82) is 0 Å². The van der Waals surface area contributed by atoms with Crippen LogP contribution in [0.4, 0.5) is 0 Å². The molecule has 0 radical (unpaired) electrons. The summed E-state index contributed by atoms with van der Waals surface area (Å²) in [6.45, 7) is 4.52. The Morgan fingerprint density at radius 2 is 1.94 bits per heavy atom. The first kappa shape index (κ1) is 14.9. The Balaban J connectivity index is 4.32. The lowest BCUT2D eigenvalue weighted by Crippen LogP contribution is -2.42. The van der Waals surface area contributed by atoms with E-state index in [1.165, 1.54) is 4.90 Å². The zero-order valence-electron chi connectivity index (χ0n) is 10.6. The Morgan fingerprint density at radius 3 is 2.31 bits per heavy atom. The van der Waals surface area contributed by atoms with Gasteiger partial charge < -0.3 is 16.0 Å². The molecule has 3 N–H and O–H groups in total. The summed E-state index contributed by atoms with van der Waals surface area (Å²) in [6.07, 6.45) is 0.757. The molecule has 2 amide bonds. The molecule has 5 heteroatoms. The minimum absolute atomic E-state index is 0.0557. The molecule has 1 unspecified atom stereocenters. The molecule has 0 rings (SSSR count). The molecule has 0 spiro atoms. The number of nitrogens with two attached hydrogens (primary N) is 1. The molecule has 0 aromatic carbocycles. The molecule has 0 saturated carbocycles. The van der Waals surface area contributed by atoms with Gasteiger partial charge in [-0.1, -0.05) is 13.8 Å². The highest BCUT2D eigenvalue weighted by Crippen LogP contribution is 2.12. The summed E-state index contributed by atoms with van der Waals surface area (Å²) in [5.74, 6) is 0.0107. The van der Waals surface area contributed by atoms with E-state index in [9.17, 15) is 9.59 Å². The van der Waals surface area contributed by atoms with Gasteiger partial charge in [-0.05, 0) is 12.3 Å². The number of carbonyl (C=O) groups excluding carboxylic acids is 2. The standard InChI is InChI=1S/C11H23N3O2/c1-8(2)5-9(6-12)11(16)14(4)7-10(15)13-3/h8-9H,5-7,12H2,1-4H3,(H,13,15). The molecular weight excluding hydrogens is 206 g/mol. The van der Waals surface area contributed by atoms with Gasteiger partial charge in [0, 0.05) is 20.6 Å². The zero-order chi connectivity index (χ0) is 12.7. The zero-order valence-corrected chi connectivity index (χ0v) is 10.6. The normalized spacial score (nSPS) is 12.4. The van der Waals surface area contributed by atoms with Crippen LogP contribution in [0.3, 0.4) is 0 Å². The second-order valence-electron chi connectivity index (χ2n) is 4.43. The van der Waals surface area contributed by atoms with Crippen LogP contribution in [0.15, 0.2) is 0 Å². The Labute approximate surface area is 97.4 Å². The maximum atomic E-state index is 11.9. The monoisotopic (exact) mass is 229 g/mol. The number of carbonyl (C=O) groups is 2. The van der Waals surface area contributed by atoms with Gasteiger partial charge in [-0.2, -0.15) is 0 Å². The van der Waals surface area contributed by atoms with Gasteiger partial charge in [-0.25, -0.2) is 0 Å². The minimum atomic E-state index is -0.186. The molecule has 5 nitrogen and oxygen atoms in total. The van der Waals surface area contributed by atoms with Crippen molar-refractivity contribution in [3.8, 4) is 0 Å². The molecule has 0 saturated heterocycles. The van der Waals surface area contributed by atoms with Crippen LogP contribution in [0.2, 0.25) is 0 Å². The smallest absolute Gasteiger partial charge is 0.239 e. The van der Waals surface area contributed by atoms with Gasteiger partial charge in [-0.3, -0.25) is 9.59 Å². The lowest BCUT2D eigenvalue weighted by Gasteiger charge is -2.23. The summed E-state index contributed by atoms with van der Waals surface area (Å²) >= 11 is 0. The summed E-state index contributed by atoms with van der Waals surface area (Å²) in [6, 6.07) is 0. The van der Waals surface area contributed by atoms with E-state index in [-0.39, 0.29) is 24.3 Å². The van der Waals surface area contributed by atoms with Crippen molar-refractivity contribution in [1.82, 2.24) is 10.2 Å². The summed E-state index contributed by atoms with van der Waals surface area (Å²) in [5.41, 5.74) is 5.58. The molecule has 94 valence electrons. The average Bonchev–Trinajstić information content (AvgIpc) is 2.24. The number of likely N-dealkylation sites (N-methyl/N-ethyl adjacent to an activating group) is 2. The largest absolute Gasteiger partial charge is 0.358 e. The molecule has 16 heavy (non-hydrogen) atoms. The molecule has 0 aliphatic heterocycles. The molecule has 0 aromatic heterocycles. The third kappa shape index (κ3) is 5.11. The fraction of sp³-hybridized carbons (Fsp3) is 0.818. The van der Waals surface area contributed by atoms with Crippen molar-refractivity contribution in [3.63, 3.8) is 0 Å². The molecule has 0 bridgehead atoms. The molecule has 1 atom stereocenters. The molecule has 0 aliphatic rings. The topological polar surface area (TPSA) is 75.4 Å². The maximum absolute atomic E-state index is 11.9. The second-order valence-corrected chi connectivity index (χ2v) is 4.43. The summed E-state index contributed by atoms with van der Waals surface area (Å²) in [7, 11) is 3.18. The predicted molar refractivity (Wildman–Crippen MR) is 63.7 cm³/mol. The van der Waals surface area contributed by atoms with Crippen molar-refractivity contribution in [2.45, 2.75) is 20.3 Å². The SMILES string of the molecule is CNC(=O)CN(C)C(=O)C(CN)CC(C)C. The van der Waals surface area contributed by atoms with Gasteiger partial charge >= 0.3 is 0 Å². The van der Waals surface area contributed by atoms with E-state index in [1.807, 2.05) is 0 Å². The lowest BCUT2D eigenvalue weighted by molar-refractivity contribution is -0.138. The number of nitrogens with one attached hydrogen (secondary N) is 1. The van der Waals surface area contributed by atoms with E-state index in [4.69, 9.17) is 5.73 Å². The Bertz CT molecular complexity index is 241. The Hall–Kier alpha value is -1.10. The summed E-state index contributed by atoms with van der Waals surface area (Å²) in [4.78, 5) is 24.5. The van der Waals surface area contributed by atoms with Gasteiger partial charge in [0.1, 0.15) is 0 Å². The predicted octanol–water partition coefficient (Wildman–Crippen LogP) is -0.188. The van der Waals surface area contributed by atoms with Gasteiger partial charge in [0.25, 0.3) is 0 Å². The molecular formula is C11H23N3O2. The molecule has 0 fully saturated rings. The highest BCUT2D eigenvalue weighted by Gasteiger charge is 2.22. The lowest BCUT2D eigenvalue weighted by atomic mass is 9.96. The maximum Gasteiger partial charge on any atom is 0.239 e. The molecule has 0 aromatic rings. The van der Waals surface area contributed by atoms with Gasteiger partial charge in [-0.15, -0.1) is 0 Å². The fourth-order valence-electron chi connectivity index (χ4n) is 1.55. The van der Waals surface area contributed by atoms with Gasteiger partial charge in [0.05, 0.1) is 12.5 Å². The Morgan fingerprint density at radius 1 is 1.38 bits per heavy atom. The fourth-order valence-corrected chi connectivity index (χ4v) is 1.55. The van der Waals surface area contributed by atoms with E-state index in [1.54, 1.807) is 14.1 Å². The van der Waals surface area contributed by atoms with E-state index < -0.39 is 0 Å².